The second-order valence-electron chi connectivity index (χ2n) is 7.88. The maximum absolute atomic E-state index is 3.58. The van der Waals surface area contributed by atoms with Crippen molar-refractivity contribution in [2.24, 2.45) is 11.3 Å². The molecular weight excluding hydrogens is 234 g/mol. The van der Waals surface area contributed by atoms with Crippen LogP contribution >= 0.6 is 0 Å². The highest BCUT2D eigenvalue weighted by Gasteiger charge is 2.39. The van der Waals surface area contributed by atoms with Crippen LogP contribution in [0.5, 0.6) is 0 Å². The van der Waals surface area contributed by atoms with Gasteiger partial charge in [-0.3, -0.25) is 4.90 Å². The molecule has 0 spiro atoms. The summed E-state index contributed by atoms with van der Waals surface area (Å²) in [6.45, 7) is 20.4. The number of hydrogen-bond acceptors (Lipinski definition) is 3. The molecule has 0 saturated carbocycles. The number of rotatable bonds is 3. The molecule has 1 atom stereocenters. The SMILES string of the molecule is CC(C)C1(CN2CCN(C(C)(C)C)CC2)CCNC1. The number of nitrogens with zero attached hydrogens (tertiary/aromatic N) is 2. The molecule has 2 heterocycles. The Hall–Kier alpha value is -0.120. The van der Waals surface area contributed by atoms with E-state index in [4.69, 9.17) is 0 Å². The summed E-state index contributed by atoms with van der Waals surface area (Å²) < 4.78 is 0. The van der Waals surface area contributed by atoms with E-state index in [2.05, 4.69) is 49.7 Å². The van der Waals surface area contributed by atoms with Gasteiger partial charge in [0.25, 0.3) is 0 Å². The van der Waals surface area contributed by atoms with E-state index in [-0.39, 0.29) is 0 Å². The average Bonchev–Trinajstić information content (AvgIpc) is 2.78. The normalized spacial score (nSPS) is 31.3. The molecule has 2 rings (SSSR count). The fraction of sp³-hybridized carbons (Fsp3) is 1.00. The van der Waals surface area contributed by atoms with Gasteiger partial charge in [0, 0.05) is 44.8 Å². The maximum atomic E-state index is 3.58. The van der Waals surface area contributed by atoms with Crippen LogP contribution in [0.25, 0.3) is 0 Å². The minimum Gasteiger partial charge on any atom is -0.316 e. The van der Waals surface area contributed by atoms with Gasteiger partial charge < -0.3 is 10.2 Å². The van der Waals surface area contributed by atoms with Crippen molar-refractivity contribution in [3.8, 4) is 0 Å². The van der Waals surface area contributed by atoms with E-state index in [9.17, 15) is 0 Å². The van der Waals surface area contributed by atoms with Crippen molar-refractivity contribution in [3.63, 3.8) is 0 Å². The molecule has 1 N–H and O–H groups in total. The van der Waals surface area contributed by atoms with Crippen LogP contribution in [0, 0.1) is 11.3 Å². The van der Waals surface area contributed by atoms with Crippen molar-refractivity contribution in [3.05, 3.63) is 0 Å². The topological polar surface area (TPSA) is 18.5 Å². The van der Waals surface area contributed by atoms with E-state index in [0.29, 0.717) is 11.0 Å². The molecule has 0 radical (unpaired) electrons. The fourth-order valence-electron chi connectivity index (χ4n) is 3.60. The van der Waals surface area contributed by atoms with Crippen LogP contribution in [0.1, 0.15) is 41.0 Å². The first-order chi connectivity index (χ1) is 8.83. The van der Waals surface area contributed by atoms with Crippen LogP contribution in [0.2, 0.25) is 0 Å². The molecule has 19 heavy (non-hydrogen) atoms. The predicted octanol–water partition coefficient (Wildman–Crippen LogP) is 2.04. The van der Waals surface area contributed by atoms with Gasteiger partial charge >= 0.3 is 0 Å². The van der Waals surface area contributed by atoms with Crippen LogP contribution in [-0.2, 0) is 0 Å². The molecule has 2 aliphatic heterocycles. The Morgan fingerprint density at radius 2 is 1.74 bits per heavy atom. The molecule has 3 heteroatoms. The molecule has 0 bridgehead atoms. The molecule has 0 aromatic rings. The van der Waals surface area contributed by atoms with E-state index in [1.807, 2.05) is 0 Å². The molecule has 0 aliphatic carbocycles. The minimum atomic E-state index is 0.330. The summed E-state index contributed by atoms with van der Waals surface area (Å²) in [5.74, 6) is 0.781. The van der Waals surface area contributed by atoms with Crippen LogP contribution in [-0.4, -0.2) is 61.2 Å². The fourth-order valence-corrected chi connectivity index (χ4v) is 3.60. The largest absolute Gasteiger partial charge is 0.316 e. The summed E-state index contributed by atoms with van der Waals surface area (Å²) in [7, 11) is 0. The van der Waals surface area contributed by atoms with Crippen molar-refractivity contribution in [1.29, 1.82) is 0 Å². The van der Waals surface area contributed by atoms with Crippen LogP contribution in [0.3, 0.4) is 0 Å². The number of nitrogens with one attached hydrogen (secondary N) is 1. The third kappa shape index (κ3) is 3.50. The van der Waals surface area contributed by atoms with Crippen LogP contribution < -0.4 is 5.32 Å². The lowest BCUT2D eigenvalue weighted by molar-refractivity contribution is 0.0322. The maximum Gasteiger partial charge on any atom is 0.0126 e. The lowest BCUT2D eigenvalue weighted by Gasteiger charge is -2.45. The highest BCUT2D eigenvalue weighted by Crippen LogP contribution is 2.35. The first kappa shape index (κ1) is 15.3. The third-order valence-corrected chi connectivity index (χ3v) is 5.36. The summed E-state index contributed by atoms with van der Waals surface area (Å²) in [5.41, 5.74) is 0.848. The van der Waals surface area contributed by atoms with Gasteiger partial charge in [-0.25, -0.2) is 0 Å². The highest BCUT2D eigenvalue weighted by atomic mass is 15.3. The van der Waals surface area contributed by atoms with Crippen molar-refractivity contribution in [2.75, 3.05) is 45.8 Å². The zero-order valence-electron chi connectivity index (χ0n) is 13.6. The van der Waals surface area contributed by atoms with Gasteiger partial charge in [-0.15, -0.1) is 0 Å². The molecule has 0 aromatic heterocycles. The lowest BCUT2D eigenvalue weighted by atomic mass is 9.76. The molecule has 1 unspecified atom stereocenters. The van der Waals surface area contributed by atoms with Gasteiger partial charge in [0.15, 0.2) is 0 Å². The highest BCUT2D eigenvalue weighted by molar-refractivity contribution is 4.94. The summed E-state index contributed by atoms with van der Waals surface area (Å²) in [5, 5.41) is 3.58. The Morgan fingerprint density at radius 1 is 1.11 bits per heavy atom. The van der Waals surface area contributed by atoms with E-state index in [1.54, 1.807) is 0 Å². The average molecular weight is 267 g/mol. The lowest BCUT2D eigenvalue weighted by Crippen LogP contribution is -2.55. The first-order valence-electron chi connectivity index (χ1n) is 8.02. The summed E-state index contributed by atoms with van der Waals surface area (Å²) in [6, 6.07) is 0. The Bertz CT molecular complexity index is 279. The third-order valence-electron chi connectivity index (χ3n) is 5.36. The van der Waals surface area contributed by atoms with E-state index < -0.39 is 0 Å². The van der Waals surface area contributed by atoms with Crippen molar-refractivity contribution < 1.29 is 0 Å². The van der Waals surface area contributed by atoms with Gasteiger partial charge in [-0.05, 0) is 45.1 Å². The van der Waals surface area contributed by atoms with Gasteiger partial charge in [0.1, 0.15) is 0 Å². The second-order valence-corrected chi connectivity index (χ2v) is 7.88. The summed E-state index contributed by atoms with van der Waals surface area (Å²) in [6.07, 6.45) is 1.35. The summed E-state index contributed by atoms with van der Waals surface area (Å²) >= 11 is 0. The zero-order chi connectivity index (χ0) is 14.1. The smallest absolute Gasteiger partial charge is 0.0126 e. The van der Waals surface area contributed by atoms with Gasteiger partial charge in [0.2, 0.25) is 0 Å². The number of piperazine rings is 1. The quantitative estimate of drug-likeness (QED) is 0.844. The predicted molar refractivity (Wildman–Crippen MR) is 82.5 cm³/mol. The molecular formula is C16H33N3. The standard InChI is InChI=1S/C16H33N3/c1-14(2)16(6-7-17-12-16)13-18-8-10-19(11-9-18)15(3,4)5/h14,17H,6-13H2,1-5H3. The summed E-state index contributed by atoms with van der Waals surface area (Å²) in [4.78, 5) is 5.33. The van der Waals surface area contributed by atoms with Crippen molar-refractivity contribution in [2.45, 2.75) is 46.6 Å². The van der Waals surface area contributed by atoms with Gasteiger partial charge in [-0.1, -0.05) is 13.8 Å². The molecule has 112 valence electrons. The molecule has 2 saturated heterocycles. The Kier molecular flexibility index (Phi) is 4.59. The number of hydrogen-bond donors (Lipinski definition) is 1. The van der Waals surface area contributed by atoms with Crippen LogP contribution in [0.15, 0.2) is 0 Å². The van der Waals surface area contributed by atoms with E-state index in [0.717, 1.165) is 5.92 Å². The van der Waals surface area contributed by atoms with Gasteiger partial charge in [-0.2, -0.15) is 0 Å². The second kappa shape index (κ2) is 5.71. The molecule has 2 fully saturated rings. The Labute approximate surface area is 119 Å². The Balaban J connectivity index is 1.88. The van der Waals surface area contributed by atoms with Crippen molar-refractivity contribution in [1.82, 2.24) is 15.1 Å². The minimum absolute atomic E-state index is 0.330. The van der Waals surface area contributed by atoms with Crippen molar-refractivity contribution >= 4 is 0 Å². The molecule has 3 nitrogen and oxygen atoms in total. The molecule has 0 aromatic carbocycles. The van der Waals surface area contributed by atoms with Gasteiger partial charge in [0.05, 0.1) is 0 Å². The van der Waals surface area contributed by atoms with E-state index in [1.165, 1.54) is 52.2 Å². The first-order valence-corrected chi connectivity index (χ1v) is 8.02. The molecule has 2 aliphatic rings. The monoisotopic (exact) mass is 267 g/mol. The Morgan fingerprint density at radius 3 is 2.16 bits per heavy atom. The molecule has 0 amide bonds. The van der Waals surface area contributed by atoms with E-state index >= 15 is 0 Å². The van der Waals surface area contributed by atoms with Crippen LogP contribution in [0.4, 0.5) is 0 Å². The zero-order valence-corrected chi connectivity index (χ0v) is 13.6.